The van der Waals surface area contributed by atoms with E-state index in [0.29, 0.717) is 12.2 Å². The Morgan fingerprint density at radius 2 is 2.04 bits per heavy atom. The van der Waals surface area contributed by atoms with E-state index in [2.05, 4.69) is 20.6 Å². The molecule has 0 spiro atoms. The van der Waals surface area contributed by atoms with Crippen LogP contribution in [0.1, 0.15) is 28.2 Å². The van der Waals surface area contributed by atoms with Gasteiger partial charge in [-0.1, -0.05) is 12.1 Å². The SMILES string of the molecule is Cc1nc(NCc2ccc(NC(N)=O)cc2)c2c3c(sc2n1)CCC3. The highest BCUT2D eigenvalue weighted by atomic mass is 32.1. The number of amides is 2. The number of hydrogen-bond acceptors (Lipinski definition) is 5. The van der Waals surface area contributed by atoms with Crippen LogP contribution in [0.4, 0.5) is 16.3 Å². The van der Waals surface area contributed by atoms with Crippen molar-refractivity contribution in [3.63, 3.8) is 0 Å². The number of nitrogens with zero attached hydrogens (tertiary/aromatic N) is 2. The highest BCUT2D eigenvalue weighted by Gasteiger charge is 2.21. The summed E-state index contributed by atoms with van der Waals surface area (Å²) in [5, 5.41) is 7.22. The molecule has 0 bridgehead atoms. The average Bonchev–Trinajstić information content (AvgIpc) is 3.13. The van der Waals surface area contributed by atoms with Crippen molar-refractivity contribution in [1.82, 2.24) is 9.97 Å². The van der Waals surface area contributed by atoms with Crippen LogP contribution in [0, 0.1) is 6.92 Å². The molecular weight excluding hydrogens is 334 g/mol. The van der Waals surface area contributed by atoms with Gasteiger partial charge < -0.3 is 16.4 Å². The molecule has 0 radical (unpaired) electrons. The van der Waals surface area contributed by atoms with E-state index in [1.165, 1.54) is 22.2 Å². The molecule has 2 amide bonds. The average molecular weight is 353 g/mol. The van der Waals surface area contributed by atoms with Gasteiger partial charge >= 0.3 is 6.03 Å². The summed E-state index contributed by atoms with van der Waals surface area (Å²) in [5.74, 6) is 1.71. The number of primary amides is 1. The predicted octanol–water partition coefficient (Wildman–Crippen LogP) is 3.59. The molecule has 0 saturated carbocycles. The van der Waals surface area contributed by atoms with E-state index in [9.17, 15) is 4.79 Å². The minimum absolute atomic E-state index is 0.559. The molecule has 2 heterocycles. The maximum Gasteiger partial charge on any atom is 0.316 e. The Morgan fingerprint density at radius 3 is 2.80 bits per heavy atom. The third kappa shape index (κ3) is 3.15. The van der Waals surface area contributed by atoms with Crippen LogP contribution in [0.25, 0.3) is 10.2 Å². The Morgan fingerprint density at radius 1 is 1.24 bits per heavy atom. The number of carbonyl (C=O) groups excluding carboxylic acids is 1. The fraction of sp³-hybridized carbons (Fsp3) is 0.278. The molecule has 0 fully saturated rings. The second-order valence-electron chi connectivity index (χ2n) is 6.20. The monoisotopic (exact) mass is 353 g/mol. The normalized spacial score (nSPS) is 13.0. The van der Waals surface area contributed by atoms with Gasteiger partial charge in [-0.15, -0.1) is 11.3 Å². The van der Waals surface area contributed by atoms with Crippen LogP contribution in [0.5, 0.6) is 0 Å². The quantitative estimate of drug-likeness (QED) is 0.668. The first-order valence-electron chi connectivity index (χ1n) is 8.28. The topological polar surface area (TPSA) is 92.9 Å². The van der Waals surface area contributed by atoms with E-state index in [1.54, 1.807) is 11.3 Å². The first-order chi connectivity index (χ1) is 12.1. The largest absolute Gasteiger partial charge is 0.365 e. The Kier molecular flexibility index (Phi) is 4.01. The molecule has 0 saturated heterocycles. The molecule has 7 heteroatoms. The lowest BCUT2D eigenvalue weighted by Crippen LogP contribution is -2.19. The molecule has 0 aliphatic heterocycles. The van der Waals surface area contributed by atoms with E-state index in [0.717, 1.165) is 34.9 Å². The number of anilines is 2. The molecule has 1 aliphatic rings. The second kappa shape index (κ2) is 6.33. The third-order valence-electron chi connectivity index (χ3n) is 4.36. The van der Waals surface area contributed by atoms with E-state index in [1.807, 2.05) is 31.2 Å². The van der Waals surface area contributed by atoms with Gasteiger partial charge in [0.25, 0.3) is 0 Å². The third-order valence-corrected chi connectivity index (χ3v) is 5.54. The van der Waals surface area contributed by atoms with E-state index >= 15 is 0 Å². The molecule has 0 unspecified atom stereocenters. The summed E-state index contributed by atoms with van der Waals surface area (Å²) in [6.07, 6.45) is 3.49. The van der Waals surface area contributed by atoms with E-state index < -0.39 is 6.03 Å². The molecule has 1 aliphatic carbocycles. The van der Waals surface area contributed by atoms with Crippen molar-refractivity contribution in [1.29, 1.82) is 0 Å². The van der Waals surface area contributed by atoms with Gasteiger partial charge in [-0.25, -0.2) is 14.8 Å². The summed E-state index contributed by atoms with van der Waals surface area (Å²) >= 11 is 1.80. The summed E-state index contributed by atoms with van der Waals surface area (Å²) in [6.45, 7) is 2.59. The van der Waals surface area contributed by atoms with Crippen molar-refractivity contribution in [2.75, 3.05) is 10.6 Å². The van der Waals surface area contributed by atoms with Gasteiger partial charge in [0.05, 0.1) is 5.39 Å². The van der Waals surface area contributed by atoms with Crippen LogP contribution in [-0.2, 0) is 19.4 Å². The number of aryl methyl sites for hydroxylation is 3. The zero-order valence-electron chi connectivity index (χ0n) is 13.9. The van der Waals surface area contributed by atoms with Crippen LogP contribution in [0.15, 0.2) is 24.3 Å². The standard InChI is InChI=1S/C18H19N5OS/c1-10-21-16(15-13-3-2-4-14(13)25-17(15)22-10)20-9-11-5-7-12(8-6-11)23-18(19)24/h5-8H,2-4,9H2,1H3,(H3,19,23,24)(H,20,21,22). The Bertz CT molecular complexity index is 948. The molecule has 2 aromatic heterocycles. The smallest absolute Gasteiger partial charge is 0.316 e. The van der Waals surface area contributed by atoms with Crippen LogP contribution < -0.4 is 16.4 Å². The number of carbonyl (C=O) groups is 1. The summed E-state index contributed by atoms with van der Waals surface area (Å²) in [6, 6.07) is 7.04. The minimum atomic E-state index is -0.559. The van der Waals surface area contributed by atoms with Crippen LogP contribution in [0.3, 0.4) is 0 Å². The lowest BCUT2D eigenvalue weighted by atomic mass is 10.1. The summed E-state index contributed by atoms with van der Waals surface area (Å²) in [5.41, 5.74) is 8.33. The van der Waals surface area contributed by atoms with Crippen LogP contribution in [0.2, 0.25) is 0 Å². The van der Waals surface area contributed by atoms with Gasteiger partial charge in [0.2, 0.25) is 0 Å². The predicted molar refractivity (Wildman–Crippen MR) is 101 cm³/mol. The summed E-state index contributed by atoms with van der Waals surface area (Å²) in [7, 11) is 0. The van der Waals surface area contributed by atoms with Crippen molar-refractivity contribution >= 4 is 39.1 Å². The minimum Gasteiger partial charge on any atom is -0.365 e. The Balaban J connectivity index is 1.57. The molecule has 4 rings (SSSR count). The summed E-state index contributed by atoms with van der Waals surface area (Å²) < 4.78 is 0. The first kappa shape index (κ1) is 15.8. The first-order valence-corrected chi connectivity index (χ1v) is 9.10. The zero-order valence-corrected chi connectivity index (χ0v) is 14.7. The molecule has 25 heavy (non-hydrogen) atoms. The summed E-state index contributed by atoms with van der Waals surface area (Å²) in [4.78, 5) is 22.7. The van der Waals surface area contributed by atoms with Gasteiger partial charge in [-0.05, 0) is 49.4 Å². The fourth-order valence-electron chi connectivity index (χ4n) is 3.26. The van der Waals surface area contributed by atoms with Gasteiger partial charge in [0.1, 0.15) is 16.5 Å². The molecule has 128 valence electrons. The number of thiophene rings is 1. The Labute approximate surface area is 149 Å². The number of nitrogens with one attached hydrogen (secondary N) is 2. The lowest BCUT2D eigenvalue weighted by Gasteiger charge is -2.10. The van der Waals surface area contributed by atoms with Gasteiger partial charge in [-0.2, -0.15) is 0 Å². The van der Waals surface area contributed by atoms with Gasteiger partial charge in [0, 0.05) is 17.1 Å². The number of benzene rings is 1. The van der Waals surface area contributed by atoms with Gasteiger partial charge in [0.15, 0.2) is 0 Å². The van der Waals surface area contributed by atoms with E-state index in [-0.39, 0.29) is 0 Å². The highest BCUT2D eigenvalue weighted by Crippen LogP contribution is 2.39. The van der Waals surface area contributed by atoms with Crippen molar-refractivity contribution in [2.24, 2.45) is 5.73 Å². The molecule has 1 aromatic carbocycles. The van der Waals surface area contributed by atoms with Crippen molar-refractivity contribution in [2.45, 2.75) is 32.7 Å². The zero-order chi connectivity index (χ0) is 17.4. The fourth-order valence-corrected chi connectivity index (χ4v) is 4.57. The number of nitrogens with two attached hydrogens (primary N) is 1. The molecule has 0 atom stereocenters. The van der Waals surface area contributed by atoms with E-state index in [4.69, 9.17) is 5.73 Å². The number of hydrogen-bond donors (Lipinski definition) is 3. The second-order valence-corrected chi connectivity index (χ2v) is 7.28. The maximum absolute atomic E-state index is 10.9. The van der Waals surface area contributed by atoms with Crippen molar-refractivity contribution < 1.29 is 4.79 Å². The Hall–Kier alpha value is -2.67. The number of rotatable bonds is 4. The van der Waals surface area contributed by atoms with Gasteiger partial charge in [-0.3, -0.25) is 0 Å². The highest BCUT2D eigenvalue weighted by molar-refractivity contribution is 7.19. The number of fused-ring (bicyclic) bond motifs is 3. The molecular formula is C18H19N5OS. The number of urea groups is 1. The van der Waals surface area contributed by atoms with Crippen LogP contribution in [-0.4, -0.2) is 16.0 Å². The number of aromatic nitrogens is 2. The maximum atomic E-state index is 10.9. The molecule has 4 N–H and O–H groups in total. The molecule has 6 nitrogen and oxygen atoms in total. The van der Waals surface area contributed by atoms with Crippen molar-refractivity contribution in [3.8, 4) is 0 Å². The molecule has 3 aromatic rings. The van der Waals surface area contributed by atoms with Crippen LogP contribution >= 0.6 is 11.3 Å². The van der Waals surface area contributed by atoms with Crippen molar-refractivity contribution in [3.05, 3.63) is 46.1 Å². The lowest BCUT2D eigenvalue weighted by molar-refractivity contribution is 0.259.